The Morgan fingerprint density at radius 3 is 2.43 bits per heavy atom. The summed E-state index contributed by atoms with van der Waals surface area (Å²) in [5.41, 5.74) is 0.634. The van der Waals surface area contributed by atoms with Crippen molar-refractivity contribution in [3.05, 3.63) is 49.1 Å². The molecule has 74 valence electrons. The normalized spacial score (nSPS) is 10.9. The van der Waals surface area contributed by atoms with E-state index < -0.39 is 9.84 Å². The zero-order valence-corrected chi connectivity index (χ0v) is 8.63. The Labute approximate surface area is 84.5 Å². The molecule has 2 nitrogen and oxygen atoms in total. The summed E-state index contributed by atoms with van der Waals surface area (Å²) in [4.78, 5) is 0.315. The summed E-state index contributed by atoms with van der Waals surface area (Å²) in [5, 5.41) is 0. The molecular formula is C11H12O2S. The predicted octanol–water partition coefficient (Wildman–Crippen LogP) is 2.29. The van der Waals surface area contributed by atoms with E-state index >= 15 is 0 Å². The van der Waals surface area contributed by atoms with Crippen molar-refractivity contribution in [1.29, 1.82) is 0 Å². The van der Waals surface area contributed by atoms with Gasteiger partial charge in [-0.15, -0.1) is 6.58 Å². The van der Waals surface area contributed by atoms with Crippen LogP contribution in [0.15, 0.2) is 48.4 Å². The number of hydrogen-bond acceptors (Lipinski definition) is 2. The minimum Gasteiger partial charge on any atom is -0.223 e. The molecule has 0 aliphatic carbocycles. The van der Waals surface area contributed by atoms with Crippen LogP contribution in [-0.4, -0.2) is 14.2 Å². The minimum atomic E-state index is -3.24. The first kappa shape index (κ1) is 10.7. The van der Waals surface area contributed by atoms with Gasteiger partial charge in [0.25, 0.3) is 0 Å². The maximum Gasteiger partial charge on any atom is 0.182 e. The second kappa shape index (κ2) is 4.24. The van der Waals surface area contributed by atoms with E-state index in [1.165, 1.54) is 12.2 Å². The topological polar surface area (TPSA) is 34.1 Å². The lowest BCUT2D eigenvalue weighted by Gasteiger charge is -2.04. The summed E-state index contributed by atoms with van der Waals surface area (Å²) in [5.74, 6) is -0.0438. The van der Waals surface area contributed by atoms with E-state index in [2.05, 4.69) is 13.2 Å². The molecule has 0 N–H and O–H groups in total. The highest BCUT2D eigenvalue weighted by Gasteiger charge is 2.14. The van der Waals surface area contributed by atoms with Gasteiger partial charge in [0.1, 0.15) is 0 Å². The molecule has 1 aromatic rings. The molecule has 1 aromatic carbocycles. The predicted molar refractivity (Wildman–Crippen MR) is 58.8 cm³/mol. The molecule has 0 aliphatic heterocycles. The molecule has 0 atom stereocenters. The fourth-order valence-corrected chi connectivity index (χ4v) is 2.46. The Bertz CT molecular complexity index is 444. The number of hydrogen-bond donors (Lipinski definition) is 0. The van der Waals surface area contributed by atoms with Crippen LogP contribution >= 0.6 is 0 Å². The van der Waals surface area contributed by atoms with Crippen LogP contribution in [0.1, 0.15) is 5.56 Å². The molecule has 0 saturated heterocycles. The van der Waals surface area contributed by atoms with Gasteiger partial charge in [0.15, 0.2) is 9.84 Å². The number of sulfone groups is 1. The molecule has 0 amide bonds. The standard InChI is InChI=1S/C11H12O2S/c1-3-9-14(12,13)11-8-6-5-7-10(11)4-2/h3-8H,1-2,9H2. The van der Waals surface area contributed by atoms with Crippen molar-refractivity contribution in [3.63, 3.8) is 0 Å². The Kier molecular flexibility index (Phi) is 3.25. The summed E-state index contributed by atoms with van der Waals surface area (Å²) >= 11 is 0. The van der Waals surface area contributed by atoms with Crippen molar-refractivity contribution >= 4 is 15.9 Å². The highest BCUT2D eigenvalue weighted by molar-refractivity contribution is 7.91. The monoisotopic (exact) mass is 208 g/mol. The molecule has 0 saturated carbocycles. The Hall–Kier alpha value is -1.35. The van der Waals surface area contributed by atoms with E-state index in [-0.39, 0.29) is 5.75 Å². The van der Waals surface area contributed by atoms with E-state index in [4.69, 9.17) is 0 Å². The fourth-order valence-electron chi connectivity index (χ4n) is 1.18. The molecule has 14 heavy (non-hydrogen) atoms. The lowest BCUT2D eigenvalue weighted by molar-refractivity contribution is 0.599. The minimum absolute atomic E-state index is 0.0438. The first-order valence-electron chi connectivity index (χ1n) is 4.17. The lowest BCUT2D eigenvalue weighted by atomic mass is 10.2. The zero-order chi connectivity index (χ0) is 10.6. The van der Waals surface area contributed by atoms with E-state index in [9.17, 15) is 8.42 Å². The molecule has 0 fully saturated rings. The van der Waals surface area contributed by atoms with E-state index in [0.717, 1.165) is 0 Å². The molecule has 0 aliphatic rings. The Morgan fingerprint density at radius 2 is 1.86 bits per heavy atom. The van der Waals surface area contributed by atoms with Crippen LogP contribution < -0.4 is 0 Å². The van der Waals surface area contributed by atoms with Gasteiger partial charge >= 0.3 is 0 Å². The quantitative estimate of drug-likeness (QED) is 0.711. The molecule has 0 radical (unpaired) electrons. The van der Waals surface area contributed by atoms with Crippen molar-refractivity contribution in [2.24, 2.45) is 0 Å². The molecule has 3 heteroatoms. The van der Waals surface area contributed by atoms with Crippen LogP contribution in [0.5, 0.6) is 0 Å². The van der Waals surface area contributed by atoms with Gasteiger partial charge in [-0.2, -0.15) is 0 Å². The first-order chi connectivity index (χ1) is 6.61. The SMILES string of the molecule is C=CCS(=O)(=O)c1ccccc1C=C. The van der Waals surface area contributed by atoms with Gasteiger partial charge in [-0.1, -0.05) is 36.9 Å². The third kappa shape index (κ3) is 2.12. The van der Waals surface area contributed by atoms with Crippen molar-refractivity contribution < 1.29 is 8.42 Å². The van der Waals surface area contributed by atoms with Crippen LogP contribution in [0, 0.1) is 0 Å². The average molecular weight is 208 g/mol. The molecule has 0 heterocycles. The van der Waals surface area contributed by atoms with Crippen molar-refractivity contribution in [3.8, 4) is 0 Å². The average Bonchev–Trinajstić information content (AvgIpc) is 2.18. The van der Waals surface area contributed by atoms with Gasteiger partial charge in [-0.25, -0.2) is 8.42 Å². The summed E-state index contributed by atoms with van der Waals surface area (Å²) in [6.45, 7) is 7.00. The van der Waals surface area contributed by atoms with Crippen molar-refractivity contribution in [2.75, 3.05) is 5.75 Å². The van der Waals surface area contributed by atoms with Gasteiger partial charge in [-0.05, 0) is 11.6 Å². The largest absolute Gasteiger partial charge is 0.223 e. The third-order valence-corrected chi connectivity index (χ3v) is 3.53. The van der Waals surface area contributed by atoms with Gasteiger partial charge in [-0.3, -0.25) is 0 Å². The zero-order valence-electron chi connectivity index (χ0n) is 7.81. The molecule has 0 unspecified atom stereocenters. The van der Waals surface area contributed by atoms with Gasteiger partial charge in [0.05, 0.1) is 10.6 Å². The van der Waals surface area contributed by atoms with Crippen LogP contribution in [0.4, 0.5) is 0 Å². The highest BCUT2D eigenvalue weighted by Crippen LogP contribution is 2.17. The summed E-state index contributed by atoms with van der Waals surface area (Å²) in [6.07, 6.45) is 2.92. The maximum atomic E-state index is 11.7. The van der Waals surface area contributed by atoms with Crippen LogP contribution in [0.3, 0.4) is 0 Å². The van der Waals surface area contributed by atoms with Gasteiger partial charge < -0.3 is 0 Å². The Balaban J connectivity index is 3.31. The molecule has 1 rings (SSSR count). The smallest absolute Gasteiger partial charge is 0.182 e. The summed E-state index contributed by atoms with van der Waals surface area (Å²) < 4.78 is 23.4. The maximum absolute atomic E-state index is 11.7. The first-order valence-corrected chi connectivity index (χ1v) is 5.82. The van der Waals surface area contributed by atoms with Crippen molar-refractivity contribution in [2.45, 2.75) is 4.90 Å². The van der Waals surface area contributed by atoms with Crippen LogP contribution in [0.25, 0.3) is 6.08 Å². The fraction of sp³-hybridized carbons (Fsp3) is 0.0909. The summed E-state index contributed by atoms with van der Waals surface area (Å²) in [6, 6.07) is 6.78. The second-order valence-corrected chi connectivity index (χ2v) is 4.81. The number of rotatable bonds is 4. The molecule has 0 aromatic heterocycles. The van der Waals surface area contributed by atoms with E-state index in [1.807, 2.05) is 0 Å². The van der Waals surface area contributed by atoms with Gasteiger partial charge in [0.2, 0.25) is 0 Å². The van der Waals surface area contributed by atoms with Gasteiger partial charge in [0, 0.05) is 0 Å². The third-order valence-electron chi connectivity index (χ3n) is 1.81. The lowest BCUT2D eigenvalue weighted by Crippen LogP contribution is -2.06. The van der Waals surface area contributed by atoms with Crippen LogP contribution in [0.2, 0.25) is 0 Å². The molecule has 0 spiro atoms. The van der Waals surface area contributed by atoms with Crippen LogP contribution in [-0.2, 0) is 9.84 Å². The van der Waals surface area contributed by atoms with E-state index in [1.54, 1.807) is 24.3 Å². The second-order valence-electron chi connectivity index (χ2n) is 2.81. The van der Waals surface area contributed by atoms with E-state index in [0.29, 0.717) is 10.5 Å². The van der Waals surface area contributed by atoms with Crippen molar-refractivity contribution in [1.82, 2.24) is 0 Å². The highest BCUT2D eigenvalue weighted by atomic mass is 32.2. The molecular weight excluding hydrogens is 196 g/mol. The summed E-state index contributed by atoms with van der Waals surface area (Å²) in [7, 11) is -3.24. The Morgan fingerprint density at radius 1 is 1.21 bits per heavy atom. The number of benzene rings is 1. The molecule has 0 bridgehead atoms.